The zero-order chi connectivity index (χ0) is 16.5. The lowest BCUT2D eigenvalue weighted by Crippen LogP contribution is -2.42. The van der Waals surface area contributed by atoms with Crippen LogP contribution in [0, 0.1) is 10.1 Å². The molecule has 0 spiro atoms. The SMILES string of the molecule is C=CCCC(NC(=O)COc1ccccc1[N+](=O)[O-])C(=O)O. The Labute approximate surface area is 126 Å². The van der Waals surface area contributed by atoms with Crippen LogP contribution in [0.15, 0.2) is 36.9 Å². The maximum atomic E-state index is 11.7. The minimum Gasteiger partial charge on any atom is -0.480 e. The lowest BCUT2D eigenvalue weighted by atomic mass is 10.1. The Kier molecular flexibility index (Phi) is 6.55. The molecule has 8 nitrogen and oxygen atoms in total. The molecule has 8 heteroatoms. The number of carbonyl (C=O) groups excluding carboxylic acids is 1. The van der Waals surface area contributed by atoms with Crippen molar-refractivity contribution >= 4 is 17.6 Å². The molecule has 0 saturated carbocycles. The summed E-state index contributed by atoms with van der Waals surface area (Å²) in [7, 11) is 0. The molecule has 0 aliphatic heterocycles. The van der Waals surface area contributed by atoms with Crippen molar-refractivity contribution in [1.29, 1.82) is 0 Å². The van der Waals surface area contributed by atoms with Crippen molar-refractivity contribution in [3.63, 3.8) is 0 Å². The Morgan fingerprint density at radius 2 is 2.14 bits per heavy atom. The minimum absolute atomic E-state index is 0.0550. The normalized spacial score (nSPS) is 11.3. The number of rotatable bonds is 9. The van der Waals surface area contributed by atoms with E-state index in [0.29, 0.717) is 6.42 Å². The second-order valence-corrected chi connectivity index (χ2v) is 4.34. The lowest BCUT2D eigenvalue weighted by Gasteiger charge is -2.14. The summed E-state index contributed by atoms with van der Waals surface area (Å²) in [5.74, 6) is -1.89. The monoisotopic (exact) mass is 308 g/mol. The molecule has 2 N–H and O–H groups in total. The smallest absolute Gasteiger partial charge is 0.326 e. The molecule has 1 atom stereocenters. The number of nitro benzene ring substituents is 1. The summed E-state index contributed by atoms with van der Waals surface area (Å²) in [6.45, 7) is 2.97. The molecule has 0 aliphatic rings. The van der Waals surface area contributed by atoms with Gasteiger partial charge in [0, 0.05) is 6.07 Å². The lowest BCUT2D eigenvalue weighted by molar-refractivity contribution is -0.385. The molecule has 1 unspecified atom stereocenters. The molecule has 1 amide bonds. The van der Waals surface area contributed by atoms with Gasteiger partial charge in [0.1, 0.15) is 6.04 Å². The number of carboxylic acids is 1. The van der Waals surface area contributed by atoms with Gasteiger partial charge in [0.05, 0.1) is 4.92 Å². The van der Waals surface area contributed by atoms with Gasteiger partial charge in [-0.3, -0.25) is 14.9 Å². The zero-order valence-corrected chi connectivity index (χ0v) is 11.7. The van der Waals surface area contributed by atoms with E-state index in [9.17, 15) is 19.7 Å². The van der Waals surface area contributed by atoms with Crippen LogP contribution in [0.3, 0.4) is 0 Å². The van der Waals surface area contributed by atoms with E-state index in [1.165, 1.54) is 24.3 Å². The summed E-state index contributed by atoms with van der Waals surface area (Å²) in [6, 6.07) is 4.56. The Bertz CT molecular complexity index is 572. The van der Waals surface area contributed by atoms with E-state index >= 15 is 0 Å². The van der Waals surface area contributed by atoms with E-state index < -0.39 is 29.4 Å². The number of hydrogen-bond acceptors (Lipinski definition) is 5. The van der Waals surface area contributed by atoms with E-state index in [-0.39, 0.29) is 17.9 Å². The molecule has 22 heavy (non-hydrogen) atoms. The molecule has 0 radical (unpaired) electrons. The number of carbonyl (C=O) groups is 2. The van der Waals surface area contributed by atoms with Crippen LogP contribution in [0.4, 0.5) is 5.69 Å². The summed E-state index contributed by atoms with van der Waals surface area (Å²) in [5, 5.41) is 22.1. The highest BCUT2D eigenvalue weighted by molar-refractivity contribution is 5.84. The van der Waals surface area contributed by atoms with Crippen molar-refractivity contribution in [2.75, 3.05) is 6.61 Å². The van der Waals surface area contributed by atoms with E-state index in [2.05, 4.69) is 11.9 Å². The van der Waals surface area contributed by atoms with Crippen molar-refractivity contribution in [1.82, 2.24) is 5.32 Å². The molecule has 0 heterocycles. The Morgan fingerprint density at radius 1 is 1.45 bits per heavy atom. The topological polar surface area (TPSA) is 119 Å². The first-order valence-corrected chi connectivity index (χ1v) is 6.45. The number of allylic oxidation sites excluding steroid dienone is 1. The number of aliphatic carboxylic acids is 1. The first-order chi connectivity index (χ1) is 10.5. The minimum atomic E-state index is -1.17. The summed E-state index contributed by atoms with van der Waals surface area (Å²) < 4.78 is 5.08. The number of nitrogens with one attached hydrogen (secondary N) is 1. The number of carboxylic acid groups (broad SMARTS) is 1. The zero-order valence-electron chi connectivity index (χ0n) is 11.7. The maximum absolute atomic E-state index is 11.7. The molecule has 0 aromatic heterocycles. The second kappa shape index (κ2) is 8.40. The van der Waals surface area contributed by atoms with Crippen LogP contribution in [-0.4, -0.2) is 34.6 Å². The first-order valence-electron chi connectivity index (χ1n) is 6.45. The fourth-order valence-corrected chi connectivity index (χ4v) is 1.65. The van der Waals surface area contributed by atoms with Gasteiger partial charge in [-0.05, 0) is 18.9 Å². The van der Waals surface area contributed by atoms with E-state index in [0.717, 1.165) is 0 Å². The van der Waals surface area contributed by atoms with Gasteiger partial charge >= 0.3 is 11.7 Å². The number of benzene rings is 1. The molecule has 1 rings (SSSR count). The molecular weight excluding hydrogens is 292 g/mol. The molecular formula is C14H16N2O6. The van der Waals surface area contributed by atoms with Crippen LogP contribution in [0.2, 0.25) is 0 Å². The Morgan fingerprint density at radius 3 is 2.73 bits per heavy atom. The molecule has 0 fully saturated rings. The Balaban J connectivity index is 2.60. The highest BCUT2D eigenvalue weighted by Crippen LogP contribution is 2.25. The van der Waals surface area contributed by atoms with Gasteiger partial charge in [0.2, 0.25) is 0 Å². The molecule has 1 aromatic carbocycles. The van der Waals surface area contributed by atoms with Gasteiger partial charge < -0.3 is 15.2 Å². The van der Waals surface area contributed by atoms with Crippen molar-refractivity contribution in [2.24, 2.45) is 0 Å². The standard InChI is InChI=1S/C14H16N2O6/c1-2-3-6-10(14(18)19)15-13(17)9-22-12-8-5-4-7-11(12)16(20)21/h2,4-5,7-8,10H,1,3,6,9H2,(H,15,17)(H,18,19). The first kappa shape index (κ1) is 17.2. The van der Waals surface area contributed by atoms with Crippen LogP contribution in [0.25, 0.3) is 0 Å². The molecule has 1 aromatic rings. The number of para-hydroxylation sites is 2. The van der Waals surface area contributed by atoms with Crippen LogP contribution in [-0.2, 0) is 9.59 Å². The predicted octanol–water partition coefficient (Wildman–Crippen LogP) is 1.51. The van der Waals surface area contributed by atoms with Crippen molar-refractivity contribution < 1.29 is 24.4 Å². The fourth-order valence-electron chi connectivity index (χ4n) is 1.65. The van der Waals surface area contributed by atoms with Gasteiger partial charge in [-0.2, -0.15) is 0 Å². The second-order valence-electron chi connectivity index (χ2n) is 4.34. The summed E-state index contributed by atoms with van der Waals surface area (Å²) in [5.41, 5.74) is -0.267. The van der Waals surface area contributed by atoms with E-state index in [4.69, 9.17) is 9.84 Å². The van der Waals surface area contributed by atoms with Gasteiger partial charge in [-0.25, -0.2) is 4.79 Å². The third-order valence-corrected chi connectivity index (χ3v) is 2.71. The highest BCUT2D eigenvalue weighted by Gasteiger charge is 2.20. The summed E-state index contributed by atoms with van der Waals surface area (Å²) in [6.07, 6.45) is 2.18. The van der Waals surface area contributed by atoms with E-state index in [1.54, 1.807) is 6.08 Å². The largest absolute Gasteiger partial charge is 0.480 e. The van der Waals surface area contributed by atoms with Crippen LogP contribution in [0.5, 0.6) is 5.75 Å². The molecule has 0 aliphatic carbocycles. The van der Waals surface area contributed by atoms with Gasteiger partial charge in [0.25, 0.3) is 5.91 Å². The van der Waals surface area contributed by atoms with Crippen LogP contribution < -0.4 is 10.1 Å². The average molecular weight is 308 g/mol. The summed E-state index contributed by atoms with van der Waals surface area (Å²) >= 11 is 0. The number of ether oxygens (including phenoxy) is 1. The van der Waals surface area contributed by atoms with Crippen LogP contribution >= 0.6 is 0 Å². The molecule has 0 bridgehead atoms. The Hall–Kier alpha value is -2.90. The fraction of sp³-hybridized carbons (Fsp3) is 0.286. The van der Waals surface area contributed by atoms with E-state index in [1.807, 2.05) is 0 Å². The molecule has 0 saturated heterocycles. The average Bonchev–Trinajstić information content (AvgIpc) is 2.49. The maximum Gasteiger partial charge on any atom is 0.326 e. The van der Waals surface area contributed by atoms with Gasteiger partial charge in [-0.1, -0.05) is 18.2 Å². The quantitative estimate of drug-likeness (QED) is 0.405. The summed E-state index contributed by atoms with van der Waals surface area (Å²) in [4.78, 5) is 32.8. The van der Waals surface area contributed by atoms with Crippen molar-refractivity contribution in [2.45, 2.75) is 18.9 Å². The van der Waals surface area contributed by atoms with Crippen molar-refractivity contribution in [3.8, 4) is 5.75 Å². The van der Waals surface area contributed by atoms with Crippen LogP contribution in [0.1, 0.15) is 12.8 Å². The number of nitrogens with zero attached hydrogens (tertiary/aromatic N) is 1. The highest BCUT2D eigenvalue weighted by atomic mass is 16.6. The number of amides is 1. The number of nitro groups is 1. The molecule has 118 valence electrons. The van der Waals surface area contributed by atoms with Gasteiger partial charge in [-0.15, -0.1) is 6.58 Å². The third kappa shape index (κ3) is 5.23. The third-order valence-electron chi connectivity index (χ3n) is 2.71. The van der Waals surface area contributed by atoms with Gasteiger partial charge in [0.15, 0.2) is 12.4 Å². The number of hydrogen-bond donors (Lipinski definition) is 2. The predicted molar refractivity (Wildman–Crippen MR) is 77.6 cm³/mol. The van der Waals surface area contributed by atoms with Crippen molar-refractivity contribution in [3.05, 3.63) is 47.0 Å².